The molecule has 4 nitrogen and oxygen atoms in total. The number of rotatable bonds is 4. The number of carboxylic acid groups (broad SMARTS) is 1. The van der Waals surface area contributed by atoms with Crippen LogP contribution in [-0.2, 0) is 0 Å². The van der Waals surface area contributed by atoms with Crippen LogP contribution in [0.4, 0.5) is 5.82 Å². The van der Waals surface area contributed by atoms with Gasteiger partial charge in [-0.1, -0.05) is 13.3 Å². The Hall–Kier alpha value is -1.58. The van der Waals surface area contributed by atoms with Gasteiger partial charge in [0.2, 0.25) is 0 Å². The molecule has 0 saturated heterocycles. The number of pyridine rings is 1. The molecule has 1 aromatic rings. The van der Waals surface area contributed by atoms with E-state index in [1.165, 1.54) is 19.3 Å². The van der Waals surface area contributed by atoms with Gasteiger partial charge in [0.05, 0.1) is 0 Å². The van der Waals surface area contributed by atoms with Crippen molar-refractivity contribution in [3.8, 4) is 0 Å². The molecule has 0 bridgehead atoms. The predicted octanol–water partition coefficient (Wildman–Crippen LogP) is 3.49. The van der Waals surface area contributed by atoms with Crippen molar-refractivity contribution in [3.63, 3.8) is 0 Å². The first-order chi connectivity index (χ1) is 9.52. The summed E-state index contributed by atoms with van der Waals surface area (Å²) < 4.78 is 0. The first-order valence-electron chi connectivity index (χ1n) is 7.46. The zero-order valence-electron chi connectivity index (χ0n) is 12.6. The zero-order chi connectivity index (χ0) is 14.7. The largest absolute Gasteiger partial charge is 0.478 e. The van der Waals surface area contributed by atoms with Gasteiger partial charge in [0.1, 0.15) is 11.4 Å². The minimum atomic E-state index is -0.901. The van der Waals surface area contributed by atoms with Crippen molar-refractivity contribution in [3.05, 3.63) is 23.4 Å². The maximum atomic E-state index is 11.4. The molecule has 1 N–H and O–H groups in total. The van der Waals surface area contributed by atoms with Crippen LogP contribution < -0.4 is 4.90 Å². The van der Waals surface area contributed by atoms with Crippen LogP contribution in [-0.4, -0.2) is 29.1 Å². The lowest BCUT2D eigenvalue weighted by molar-refractivity contribution is 0.0697. The second-order valence-electron chi connectivity index (χ2n) is 5.82. The fourth-order valence-corrected chi connectivity index (χ4v) is 3.09. The van der Waals surface area contributed by atoms with Crippen molar-refractivity contribution in [2.45, 2.75) is 52.0 Å². The van der Waals surface area contributed by atoms with Crippen LogP contribution in [0.5, 0.6) is 0 Å². The minimum Gasteiger partial charge on any atom is -0.478 e. The van der Waals surface area contributed by atoms with E-state index in [0.717, 1.165) is 24.5 Å². The molecule has 1 aromatic heterocycles. The van der Waals surface area contributed by atoms with E-state index in [4.69, 9.17) is 0 Å². The number of hydrogen-bond acceptors (Lipinski definition) is 3. The third kappa shape index (κ3) is 3.11. The van der Waals surface area contributed by atoms with Crippen LogP contribution in [0.3, 0.4) is 0 Å². The van der Waals surface area contributed by atoms with Gasteiger partial charge in [-0.25, -0.2) is 9.78 Å². The Labute approximate surface area is 120 Å². The highest BCUT2D eigenvalue weighted by molar-refractivity contribution is 5.93. The summed E-state index contributed by atoms with van der Waals surface area (Å²) in [6.45, 7) is 4.15. The average molecular weight is 276 g/mol. The van der Waals surface area contributed by atoms with E-state index in [1.807, 2.05) is 14.0 Å². The van der Waals surface area contributed by atoms with Gasteiger partial charge >= 0.3 is 5.97 Å². The number of anilines is 1. The molecular weight excluding hydrogens is 252 g/mol. The van der Waals surface area contributed by atoms with Gasteiger partial charge < -0.3 is 10.0 Å². The first-order valence-corrected chi connectivity index (χ1v) is 7.46. The van der Waals surface area contributed by atoms with Gasteiger partial charge in [0.15, 0.2) is 0 Å². The monoisotopic (exact) mass is 276 g/mol. The molecule has 1 fully saturated rings. The molecule has 4 heteroatoms. The quantitative estimate of drug-likeness (QED) is 0.914. The molecule has 2 rings (SSSR count). The first kappa shape index (κ1) is 14.8. The fraction of sp³-hybridized carbons (Fsp3) is 0.625. The summed E-state index contributed by atoms with van der Waals surface area (Å²) in [4.78, 5) is 17.9. The van der Waals surface area contributed by atoms with Gasteiger partial charge in [0.25, 0.3) is 0 Å². The average Bonchev–Trinajstić information content (AvgIpc) is 2.46. The van der Waals surface area contributed by atoms with E-state index in [9.17, 15) is 9.90 Å². The second kappa shape index (κ2) is 6.25. The van der Waals surface area contributed by atoms with Crippen LogP contribution in [0.15, 0.2) is 12.1 Å². The predicted molar refractivity (Wildman–Crippen MR) is 80.4 cm³/mol. The van der Waals surface area contributed by atoms with E-state index < -0.39 is 5.97 Å². The topological polar surface area (TPSA) is 53.4 Å². The van der Waals surface area contributed by atoms with Crippen molar-refractivity contribution in [2.24, 2.45) is 5.92 Å². The molecule has 1 aliphatic carbocycles. The highest BCUT2D eigenvalue weighted by Gasteiger charge is 2.26. The summed E-state index contributed by atoms with van der Waals surface area (Å²) in [7, 11) is 1.98. The van der Waals surface area contributed by atoms with Crippen molar-refractivity contribution >= 4 is 11.8 Å². The van der Waals surface area contributed by atoms with Crippen LogP contribution in [0, 0.1) is 12.8 Å². The van der Waals surface area contributed by atoms with Gasteiger partial charge in [-0.3, -0.25) is 0 Å². The number of hydrogen-bond donors (Lipinski definition) is 1. The Morgan fingerprint density at radius 1 is 1.35 bits per heavy atom. The lowest BCUT2D eigenvalue weighted by atomic mass is 9.84. The van der Waals surface area contributed by atoms with Gasteiger partial charge in [-0.2, -0.15) is 0 Å². The highest BCUT2D eigenvalue weighted by atomic mass is 16.4. The third-order valence-corrected chi connectivity index (χ3v) is 4.52. The molecule has 0 spiro atoms. The molecule has 0 amide bonds. The number of carbonyl (C=O) groups is 1. The van der Waals surface area contributed by atoms with Crippen LogP contribution >= 0.6 is 0 Å². The summed E-state index contributed by atoms with van der Waals surface area (Å²) in [6, 6.07) is 3.83. The number of nitrogens with zero attached hydrogens (tertiary/aromatic N) is 2. The highest BCUT2D eigenvalue weighted by Crippen LogP contribution is 2.31. The molecule has 0 aromatic carbocycles. The summed E-state index contributed by atoms with van der Waals surface area (Å²) in [6.07, 6.45) is 5.98. The molecule has 110 valence electrons. The van der Waals surface area contributed by atoms with E-state index in [-0.39, 0.29) is 0 Å². The third-order valence-electron chi connectivity index (χ3n) is 4.52. The molecule has 0 atom stereocenters. The number of aromatic carboxylic acids is 1. The summed E-state index contributed by atoms with van der Waals surface area (Å²) in [5, 5.41) is 9.32. The number of aromatic nitrogens is 1. The normalized spacial score (nSPS) is 22.6. The van der Waals surface area contributed by atoms with E-state index >= 15 is 0 Å². The molecule has 0 radical (unpaired) electrons. The van der Waals surface area contributed by atoms with E-state index in [0.29, 0.717) is 17.4 Å². The molecule has 20 heavy (non-hydrogen) atoms. The maximum absolute atomic E-state index is 11.4. The molecule has 1 saturated carbocycles. The van der Waals surface area contributed by atoms with E-state index in [1.54, 1.807) is 12.1 Å². The van der Waals surface area contributed by atoms with Crippen molar-refractivity contribution in [1.82, 2.24) is 4.98 Å². The molecule has 0 aliphatic heterocycles. The molecule has 1 aliphatic rings. The summed E-state index contributed by atoms with van der Waals surface area (Å²) in [5.74, 6) is 0.545. The van der Waals surface area contributed by atoms with Crippen LogP contribution in [0.2, 0.25) is 0 Å². The standard InChI is InChI=1S/C16H24N2O2/c1-4-12-6-8-13(9-7-12)18(3)15-14(16(19)20)10-5-11(2)17-15/h5,10,12-13H,4,6-9H2,1-3H3,(H,19,20). The smallest absolute Gasteiger partial charge is 0.339 e. The van der Waals surface area contributed by atoms with Gasteiger partial charge in [-0.15, -0.1) is 0 Å². The van der Waals surface area contributed by atoms with E-state index in [2.05, 4.69) is 16.8 Å². The van der Waals surface area contributed by atoms with Crippen molar-refractivity contribution < 1.29 is 9.90 Å². The second-order valence-corrected chi connectivity index (χ2v) is 5.82. The van der Waals surface area contributed by atoms with Crippen molar-refractivity contribution in [1.29, 1.82) is 0 Å². The number of aryl methyl sites for hydroxylation is 1. The Balaban J connectivity index is 2.18. The minimum absolute atomic E-state index is 0.302. The maximum Gasteiger partial charge on any atom is 0.339 e. The Morgan fingerprint density at radius 3 is 2.55 bits per heavy atom. The lowest BCUT2D eigenvalue weighted by Crippen LogP contribution is -2.36. The summed E-state index contributed by atoms with van der Waals surface area (Å²) >= 11 is 0. The van der Waals surface area contributed by atoms with Crippen LogP contribution in [0.1, 0.15) is 55.1 Å². The fourth-order valence-electron chi connectivity index (χ4n) is 3.09. The molecular formula is C16H24N2O2. The Morgan fingerprint density at radius 2 is 2.00 bits per heavy atom. The Kier molecular flexibility index (Phi) is 4.63. The lowest BCUT2D eigenvalue weighted by Gasteiger charge is -2.35. The van der Waals surface area contributed by atoms with Crippen molar-refractivity contribution in [2.75, 3.05) is 11.9 Å². The summed E-state index contributed by atoms with van der Waals surface area (Å²) in [5.41, 5.74) is 1.16. The molecule has 0 unspecified atom stereocenters. The Bertz CT molecular complexity index is 479. The van der Waals surface area contributed by atoms with Crippen LogP contribution in [0.25, 0.3) is 0 Å². The zero-order valence-corrected chi connectivity index (χ0v) is 12.6. The number of carboxylic acids is 1. The SMILES string of the molecule is CCC1CCC(N(C)c2nc(C)ccc2C(=O)O)CC1. The molecule has 1 heterocycles. The van der Waals surface area contributed by atoms with Gasteiger partial charge in [0, 0.05) is 18.8 Å². The van der Waals surface area contributed by atoms with Gasteiger partial charge in [-0.05, 0) is 50.7 Å².